The minimum atomic E-state index is 0.0522. The summed E-state index contributed by atoms with van der Waals surface area (Å²) in [6, 6.07) is 8.66. The van der Waals surface area contributed by atoms with Crippen molar-refractivity contribution < 1.29 is 14.4 Å². The van der Waals surface area contributed by atoms with Crippen LogP contribution < -0.4 is 4.74 Å². The van der Waals surface area contributed by atoms with Crippen molar-refractivity contribution in [1.29, 1.82) is 0 Å². The van der Waals surface area contributed by atoms with Crippen molar-refractivity contribution in [1.82, 2.24) is 15.1 Å². The molecule has 3 rings (SSSR count). The summed E-state index contributed by atoms with van der Waals surface area (Å²) in [5, 5.41) is 13.9. The van der Waals surface area contributed by atoms with E-state index in [4.69, 9.17) is 9.26 Å². The highest BCUT2D eigenvalue weighted by molar-refractivity contribution is 5.66. The normalized spacial score (nSPS) is 10.6. The predicted octanol–water partition coefficient (Wildman–Crippen LogP) is 3.21. The zero-order valence-corrected chi connectivity index (χ0v) is 12.3. The second-order valence-electron chi connectivity index (χ2n) is 4.70. The second-order valence-corrected chi connectivity index (χ2v) is 4.70. The van der Waals surface area contributed by atoms with Gasteiger partial charge in [-0.15, -0.1) is 0 Å². The van der Waals surface area contributed by atoms with Crippen LogP contribution in [0.25, 0.3) is 23.0 Å². The molecular weight excluding hydrogens is 282 g/mol. The van der Waals surface area contributed by atoms with Crippen molar-refractivity contribution >= 4 is 0 Å². The van der Waals surface area contributed by atoms with Gasteiger partial charge in [-0.2, -0.15) is 4.98 Å². The Morgan fingerprint density at radius 1 is 1.27 bits per heavy atom. The van der Waals surface area contributed by atoms with Gasteiger partial charge in [0, 0.05) is 6.20 Å². The van der Waals surface area contributed by atoms with Crippen LogP contribution in [0.15, 0.2) is 41.1 Å². The lowest BCUT2D eigenvalue weighted by Crippen LogP contribution is -1.92. The smallest absolute Gasteiger partial charge is 0.262 e. The third kappa shape index (κ3) is 2.63. The number of pyridine rings is 1. The number of hydrogen-bond acceptors (Lipinski definition) is 6. The van der Waals surface area contributed by atoms with Gasteiger partial charge < -0.3 is 14.4 Å². The first-order valence-electron chi connectivity index (χ1n) is 6.91. The Hall–Kier alpha value is -2.89. The quantitative estimate of drug-likeness (QED) is 0.796. The molecule has 0 bridgehead atoms. The van der Waals surface area contributed by atoms with Crippen molar-refractivity contribution in [2.75, 3.05) is 6.61 Å². The van der Waals surface area contributed by atoms with E-state index in [1.54, 1.807) is 18.3 Å². The number of aromatic hydroxyl groups is 1. The minimum absolute atomic E-state index is 0.0522. The monoisotopic (exact) mass is 297 g/mol. The van der Waals surface area contributed by atoms with E-state index in [2.05, 4.69) is 15.1 Å². The van der Waals surface area contributed by atoms with Gasteiger partial charge in [-0.3, -0.25) is 4.98 Å². The molecule has 6 heteroatoms. The molecular formula is C16H15N3O3. The summed E-state index contributed by atoms with van der Waals surface area (Å²) in [6.45, 7) is 4.35. The van der Waals surface area contributed by atoms with Crippen LogP contribution in [0, 0.1) is 6.92 Å². The van der Waals surface area contributed by atoms with E-state index in [1.807, 2.05) is 26.0 Å². The predicted molar refractivity (Wildman–Crippen MR) is 80.5 cm³/mol. The van der Waals surface area contributed by atoms with Crippen LogP contribution in [0.3, 0.4) is 0 Å². The van der Waals surface area contributed by atoms with Crippen LogP contribution in [-0.4, -0.2) is 26.8 Å². The van der Waals surface area contributed by atoms with Crippen molar-refractivity contribution in [3.63, 3.8) is 0 Å². The maximum Gasteiger partial charge on any atom is 0.262 e. The molecule has 0 saturated heterocycles. The largest absolute Gasteiger partial charge is 0.507 e. The number of aryl methyl sites for hydroxylation is 1. The highest BCUT2D eigenvalue weighted by Crippen LogP contribution is 2.32. The van der Waals surface area contributed by atoms with Crippen molar-refractivity contribution in [2.24, 2.45) is 0 Å². The summed E-state index contributed by atoms with van der Waals surface area (Å²) in [6.07, 6.45) is 1.67. The van der Waals surface area contributed by atoms with Gasteiger partial charge in [-0.1, -0.05) is 11.2 Å². The van der Waals surface area contributed by atoms with Crippen LogP contribution in [0.1, 0.15) is 12.5 Å². The summed E-state index contributed by atoms with van der Waals surface area (Å²) < 4.78 is 10.7. The van der Waals surface area contributed by atoms with Crippen LogP contribution in [-0.2, 0) is 0 Å². The molecule has 3 aromatic rings. The third-order valence-electron chi connectivity index (χ3n) is 3.16. The number of phenols is 1. The molecule has 0 aliphatic heterocycles. The lowest BCUT2D eigenvalue weighted by atomic mass is 10.2. The molecule has 0 saturated carbocycles. The van der Waals surface area contributed by atoms with Crippen molar-refractivity contribution in [3.8, 4) is 34.5 Å². The summed E-state index contributed by atoms with van der Waals surface area (Å²) >= 11 is 0. The van der Waals surface area contributed by atoms with E-state index in [9.17, 15) is 5.11 Å². The second kappa shape index (κ2) is 5.85. The molecule has 0 radical (unpaired) electrons. The number of hydrogen-bond donors (Lipinski definition) is 1. The first-order valence-corrected chi connectivity index (χ1v) is 6.91. The zero-order valence-electron chi connectivity index (χ0n) is 12.3. The number of rotatable bonds is 4. The maximum absolute atomic E-state index is 9.99. The van der Waals surface area contributed by atoms with Gasteiger partial charge in [0.25, 0.3) is 5.89 Å². The van der Waals surface area contributed by atoms with E-state index in [0.717, 1.165) is 5.56 Å². The Bertz CT molecular complexity index is 799. The van der Waals surface area contributed by atoms with E-state index in [0.29, 0.717) is 29.4 Å². The fourth-order valence-corrected chi connectivity index (χ4v) is 2.09. The van der Waals surface area contributed by atoms with E-state index < -0.39 is 0 Å². The minimum Gasteiger partial charge on any atom is -0.507 e. The Kier molecular flexibility index (Phi) is 3.74. The topological polar surface area (TPSA) is 81.3 Å². The lowest BCUT2D eigenvalue weighted by Gasteiger charge is -2.05. The first-order chi connectivity index (χ1) is 10.7. The van der Waals surface area contributed by atoms with Crippen LogP contribution >= 0.6 is 0 Å². The fourth-order valence-electron chi connectivity index (χ4n) is 2.09. The Balaban J connectivity index is 2.01. The fraction of sp³-hybridized carbons (Fsp3) is 0.188. The molecule has 0 aliphatic rings. The SMILES string of the molecule is CCOc1ccc(O)c(-c2nc(-c3ncccc3C)no2)c1. The molecule has 22 heavy (non-hydrogen) atoms. The van der Waals surface area contributed by atoms with E-state index in [-0.39, 0.29) is 11.6 Å². The summed E-state index contributed by atoms with van der Waals surface area (Å²) in [7, 11) is 0. The molecule has 0 aliphatic carbocycles. The molecule has 0 spiro atoms. The van der Waals surface area contributed by atoms with Crippen LogP contribution in [0.2, 0.25) is 0 Å². The van der Waals surface area contributed by atoms with Crippen molar-refractivity contribution in [2.45, 2.75) is 13.8 Å². The van der Waals surface area contributed by atoms with E-state index in [1.165, 1.54) is 6.07 Å². The molecule has 112 valence electrons. The standard InChI is InChI=1S/C16H15N3O3/c1-3-21-11-6-7-13(20)12(9-11)16-18-15(19-22-16)14-10(2)5-4-8-17-14/h4-9,20H,3H2,1-2H3. The van der Waals surface area contributed by atoms with Gasteiger partial charge in [0.15, 0.2) is 0 Å². The third-order valence-corrected chi connectivity index (χ3v) is 3.16. The molecule has 0 amide bonds. The van der Waals surface area contributed by atoms with Crippen LogP contribution in [0.5, 0.6) is 11.5 Å². The number of phenolic OH excluding ortho intramolecular Hbond substituents is 1. The number of aromatic nitrogens is 3. The van der Waals surface area contributed by atoms with Gasteiger partial charge in [-0.25, -0.2) is 0 Å². The molecule has 0 unspecified atom stereocenters. The van der Waals surface area contributed by atoms with Gasteiger partial charge in [-0.05, 0) is 43.7 Å². The molecule has 2 heterocycles. The zero-order chi connectivity index (χ0) is 15.5. The van der Waals surface area contributed by atoms with Crippen LogP contribution in [0.4, 0.5) is 0 Å². The number of benzene rings is 1. The molecule has 6 nitrogen and oxygen atoms in total. The molecule has 2 aromatic heterocycles. The highest BCUT2D eigenvalue weighted by atomic mass is 16.5. The summed E-state index contributed by atoms with van der Waals surface area (Å²) in [5.41, 5.74) is 2.03. The summed E-state index contributed by atoms with van der Waals surface area (Å²) in [5.74, 6) is 1.29. The van der Waals surface area contributed by atoms with Gasteiger partial charge >= 0.3 is 0 Å². The Morgan fingerprint density at radius 2 is 2.14 bits per heavy atom. The molecule has 1 aromatic carbocycles. The average molecular weight is 297 g/mol. The molecule has 0 atom stereocenters. The Labute approximate surface area is 127 Å². The molecule has 0 fully saturated rings. The Morgan fingerprint density at radius 3 is 2.91 bits per heavy atom. The van der Waals surface area contributed by atoms with Gasteiger partial charge in [0.1, 0.15) is 17.2 Å². The average Bonchev–Trinajstić information content (AvgIpc) is 2.99. The first kappa shape index (κ1) is 14.1. The van der Waals surface area contributed by atoms with Gasteiger partial charge in [0.2, 0.25) is 5.82 Å². The molecule has 1 N–H and O–H groups in total. The van der Waals surface area contributed by atoms with Crippen molar-refractivity contribution in [3.05, 3.63) is 42.1 Å². The summed E-state index contributed by atoms with van der Waals surface area (Å²) in [4.78, 5) is 8.57. The highest BCUT2D eigenvalue weighted by Gasteiger charge is 2.16. The maximum atomic E-state index is 9.99. The lowest BCUT2D eigenvalue weighted by molar-refractivity contribution is 0.339. The number of nitrogens with zero attached hydrogens (tertiary/aromatic N) is 3. The van der Waals surface area contributed by atoms with E-state index >= 15 is 0 Å². The van der Waals surface area contributed by atoms with Gasteiger partial charge in [0.05, 0.1) is 12.2 Å². The number of ether oxygens (including phenoxy) is 1.